The van der Waals surface area contributed by atoms with Crippen LogP contribution >= 0.6 is 0 Å². The molecule has 0 bridgehead atoms. The molecule has 3 N–H and O–H groups in total. The van der Waals surface area contributed by atoms with E-state index in [0.29, 0.717) is 19.4 Å². The number of esters is 1. The van der Waals surface area contributed by atoms with Crippen molar-refractivity contribution in [1.29, 1.82) is 0 Å². The largest absolute Gasteiger partial charge is 0.466 e. The van der Waals surface area contributed by atoms with Crippen LogP contribution in [0, 0.1) is 0 Å². The van der Waals surface area contributed by atoms with Crippen molar-refractivity contribution in [3.8, 4) is 0 Å². The Morgan fingerprint density at radius 1 is 0.341 bits per heavy atom. The third-order valence-electron chi connectivity index (χ3n) is 17.4. The number of aliphatic hydroxyl groups excluding tert-OH is 2. The van der Waals surface area contributed by atoms with Gasteiger partial charge in [0.2, 0.25) is 5.91 Å². The molecule has 6 nitrogen and oxygen atoms in total. The minimum Gasteiger partial charge on any atom is -0.466 e. The topological polar surface area (TPSA) is 95.9 Å². The lowest BCUT2D eigenvalue weighted by atomic mass is 10.0. The van der Waals surface area contributed by atoms with Crippen LogP contribution in [0.25, 0.3) is 0 Å². The van der Waals surface area contributed by atoms with Crippen LogP contribution in [0.3, 0.4) is 0 Å². The number of hydrogen-bond donors (Lipinski definition) is 3. The zero-order chi connectivity index (χ0) is 59.2. The predicted molar refractivity (Wildman–Crippen MR) is 361 cm³/mol. The van der Waals surface area contributed by atoms with Crippen LogP contribution in [0.2, 0.25) is 0 Å². The Morgan fingerprint density at radius 2 is 0.610 bits per heavy atom. The van der Waals surface area contributed by atoms with Crippen molar-refractivity contribution in [3.63, 3.8) is 0 Å². The van der Waals surface area contributed by atoms with E-state index in [9.17, 15) is 19.8 Å². The predicted octanol–water partition coefficient (Wildman–Crippen LogP) is 24.3. The maximum Gasteiger partial charge on any atom is 0.305 e. The van der Waals surface area contributed by atoms with Crippen LogP contribution in [-0.2, 0) is 14.3 Å². The maximum atomic E-state index is 12.4. The molecule has 6 heteroatoms. The molecule has 0 rings (SSSR count). The second kappa shape index (κ2) is 71.6. The van der Waals surface area contributed by atoms with E-state index < -0.39 is 12.1 Å². The van der Waals surface area contributed by atoms with Crippen molar-refractivity contribution in [2.24, 2.45) is 0 Å². The molecule has 0 aromatic carbocycles. The lowest BCUT2D eigenvalue weighted by Gasteiger charge is -2.20. The van der Waals surface area contributed by atoms with Gasteiger partial charge in [-0.25, -0.2) is 0 Å². The quantitative estimate of drug-likeness (QED) is 0.0320. The molecule has 0 saturated carbocycles. The van der Waals surface area contributed by atoms with Crippen molar-refractivity contribution < 1.29 is 24.5 Å². The van der Waals surface area contributed by atoms with E-state index >= 15 is 0 Å². The van der Waals surface area contributed by atoms with Gasteiger partial charge in [-0.3, -0.25) is 9.59 Å². The third kappa shape index (κ3) is 67.2. The highest BCUT2D eigenvalue weighted by molar-refractivity contribution is 5.76. The smallest absolute Gasteiger partial charge is 0.305 e. The highest BCUT2D eigenvalue weighted by atomic mass is 16.5. The molecular formula is C76H145NO5. The first kappa shape index (κ1) is 80.1. The highest BCUT2D eigenvalue weighted by Gasteiger charge is 2.18. The van der Waals surface area contributed by atoms with Crippen LogP contribution in [0.4, 0.5) is 0 Å². The highest BCUT2D eigenvalue weighted by Crippen LogP contribution is 2.19. The Morgan fingerprint density at radius 3 is 0.927 bits per heavy atom. The number of amides is 1. The molecule has 2 atom stereocenters. The van der Waals surface area contributed by atoms with Gasteiger partial charge in [-0.1, -0.05) is 371 Å². The number of nitrogens with one attached hydrogen (secondary N) is 1. The van der Waals surface area contributed by atoms with E-state index in [1.165, 1.54) is 340 Å². The first-order valence-corrected chi connectivity index (χ1v) is 37.3. The van der Waals surface area contributed by atoms with Gasteiger partial charge in [0, 0.05) is 12.8 Å². The second-order valence-electron chi connectivity index (χ2n) is 25.6. The van der Waals surface area contributed by atoms with Crippen LogP contribution in [0.5, 0.6) is 0 Å². The van der Waals surface area contributed by atoms with E-state index in [-0.39, 0.29) is 18.5 Å². The van der Waals surface area contributed by atoms with Crippen LogP contribution in [-0.4, -0.2) is 47.4 Å². The number of ether oxygens (including phenoxy) is 1. The van der Waals surface area contributed by atoms with Crippen molar-refractivity contribution in [2.75, 3.05) is 13.2 Å². The number of aliphatic hydroxyl groups is 2. The van der Waals surface area contributed by atoms with Crippen molar-refractivity contribution in [2.45, 2.75) is 424 Å². The first-order chi connectivity index (χ1) is 40.5. The summed E-state index contributed by atoms with van der Waals surface area (Å²) in [7, 11) is 0. The fourth-order valence-corrected chi connectivity index (χ4v) is 11.7. The summed E-state index contributed by atoms with van der Waals surface area (Å²) >= 11 is 0. The van der Waals surface area contributed by atoms with E-state index in [0.717, 1.165) is 44.9 Å². The summed E-state index contributed by atoms with van der Waals surface area (Å²) in [6.07, 6.45) is 92.6. The number of rotatable bonds is 70. The monoisotopic (exact) mass is 1150 g/mol. The zero-order valence-electron chi connectivity index (χ0n) is 55.5. The molecule has 1 amide bonds. The van der Waals surface area contributed by atoms with E-state index in [2.05, 4.69) is 43.5 Å². The lowest BCUT2D eigenvalue weighted by Crippen LogP contribution is -2.45. The maximum absolute atomic E-state index is 12.4. The molecule has 484 valence electrons. The number of unbranched alkanes of at least 4 members (excludes halogenated alkanes) is 55. The molecule has 0 aliphatic carbocycles. The molecule has 2 unspecified atom stereocenters. The summed E-state index contributed by atoms with van der Waals surface area (Å²) in [6.45, 7) is 4.93. The van der Waals surface area contributed by atoms with Gasteiger partial charge in [-0.15, -0.1) is 0 Å². The Hall–Kier alpha value is -1.92. The molecular weight excluding hydrogens is 1010 g/mol. The second-order valence-corrected chi connectivity index (χ2v) is 25.6. The Labute approximate surface area is 513 Å². The zero-order valence-corrected chi connectivity index (χ0v) is 55.5. The summed E-state index contributed by atoms with van der Waals surface area (Å²) in [5.74, 6) is -0.0420. The Balaban J connectivity index is 3.34. The van der Waals surface area contributed by atoms with Gasteiger partial charge in [0.25, 0.3) is 0 Å². The normalized spacial score (nSPS) is 12.7. The molecule has 82 heavy (non-hydrogen) atoms. The Bertz CT molecular complexity index is 1330. The molecule has 0 aliphatic rings. The minimum atomic E-state index is -0.841. The number of carbonyl (C=O) groups is 2. The molecule has 0 aliphatic heterocycles. The first-order valence-electron chi connectivity index (χ1n) is 37.3. The lowest BCUT2D eigenvalue weighted by molar-refractivity contribution is -0.143. The molecule has 0 spiro atoms. The molecule has 0 saturated heterocycles. The molecule has 0 fully saturated rings. The standard InChI is InChI=1S/C76H145NO5/c1-3-5-7-9-11-13-15-16-17-39-43-46-50-54-58-62-66-70-76(81)82-71-67-63-59-55-51-47-44-41-38-36-34-32-30-28-26-24-22-20-18-19-21-23-25-27-29-31-33-35-37-40-42-45-49-53-57-61-65-69-75(80)77-73(72-78)74(79)68-64-60-56-52-48-14-12-10-8-6-4-2/h18,20,24,26,64,68,73-74,78-79H,3-17,19,21-23,25,27-63,65-67,69-72H2,1-2H3,(H,77,80)/b20-18-,26-24-,68-64+. The van der Waals surface area contributed by atoms with Gasteiger partial charge in [0.15, 0.2) is 0 Å². The van der Waals surface area contributed by atoms with Crippen molar-refractivity contribution in [1.82, 2.24) is 5.32 Å². The average Bonchev–Trinajstić information content (AvgIpc) is 3.48. The number of carbonyl (C=O) groups excluding carboxylic acids is 2. The van der Waals surface area contributed by atoms with Crippen LogP contribution < -0.4 is 5.32 Å². The van der Waals surface area contributed by atoms with Gasteiger partial charge in [0.05, 0.1) is 25.4 Å². The van der Waals surface area contributed by atoms with Crippen LogP contribution in [0.1, 0.15) is 412 Å². The fourth-order valence-electron chi connectivity index (χ4n) is 11.7. The molecule has 0 heterocycles. The van der Waals surface area contributed by atoms with Crippen molar-refractivity contribution in [3.05, 3.63) is 36.5 Å². The molecule has 0 aromatic heterocycles. The van der Waals surface area contributed by atoms with Gasteiger partial charge in [0.1, 0.15) is 0 Å². The van der Waals surface area contributed by atoms with Gasteiger partial charge in [-0.2, -0.15) is 0 Å². The van der Waals surface area contributed by atoms with Crippen molar-refractivity contribution >= 4 is 11.9 Å². The Kier molecular flexibility index (Phi) is 69.9. The minimum absolute atomic E-state index is 0.0230. The average molecular weight is 1150 g/mol. The van der Waals surface area contributed by atoms with Crippen LogP contribution in [0.15, 0.2) is 36.5 Å². The van der Waals surface area contributed by atoms with Gasteiger partial charge in [-0.05, 0) is 64.2 Å². The molecule has 0 radical (unpaired) electrons. The SMILES string of the molecule is CCCCCCCCCCC/C=C/C(O)C(CO)NC(=O)CCCCCCCCCCCCCCCCCCC/C=C\C/C=C\CCCCCCCCCCCCCCCOC(=O)CCCCCCCCCCCCCCCCCCC. The summed E-state index contributed by atoms with van der Waals surface area (Å²) in [6, 6.07) is -0.624. The summed E-state index contributed by atoms with van der Waals surface area (Å²) in [5, 5.41) is 23.1. The third-order valence-corrected chi connectivity index (χ3v) is 17.4. The number of hydrogen-bond acceptors (Lipinski definition) is 5. The van der Waals surface area contributed by atoms with E-state index in [1.807, 2.05) is 6.08 Å². The summed E-state index contributed by atoms with van der Waals surface area (Å²) in [4.78, 5) is 24.5. The van der Waals surface area contributed by atoms with E-state index in [1.54, 1.807) is 6.08 Å². The number of allylic oxidation sites excluding steroid dienone is 5. The summed E-state index contributed by atoms with van der Waals surface area (Å²) < 4.78 is 5.51. The molecule has 0 aromatic rings. The van der Waals surface area contributed by atoms with Gasteiger partial charge < -0.3 is 20.3 Å². The fraction of sp³-hybridized carbons (Fsp3) is 0.895. The summed E-state index contributed by atoms with van der Waals surface area (Å²) in [5.41, 5.74) is 0. The van der Waals surface area contributed by atoms with E-state index in [4.69, 9.17) is 4.74 Å². The van der Waals surface area contributed by atoms with Gasteiger partial charge >= 0.3 is 5.97 Å².